The molecule has 0 radical (unpaired) electrons. The average Bonchev–Trinajstić information content (AvgIpc) is 2.40. The zero-order valence-electron chi connectivity index (χ0n) is 11.5. The Balaban J connectivity index is 1.80. The van der Waals surface area contributed by atoms with E-state index in [0.717, 1.165) is 16.5 Å². The highest BCUT2D eigenvalue weighted by atomic mass is 16.1. The van der Waals surface area contributed by atoms with Gasteiger partial charge in [-0.1, -0.05) is 0 Å². The summed E-state index contributed by atoms with van der Waals surface area (Å²) in [6, 6.07) is 0. The summed E-state index contributed by atoms with van der Waals surface area (Å²) in [5.41, 5.74) is 12.2. The van der Waals surface area contributed by atoms with Crippen LogP contribution in [0, 0.1) is 23.7 Å². The fourth-order valence-corrected chi connectivity index (χ4v) is 5.21. The van der Waals surface area contributed by atoms with Crippen molar-refractivity contribution in [3.8, 4) is 0 Å². The van der Waals surface area contributed by atoms with Crippen molar-refractivity contribution < 1.29 is 0 Å². The molecule has 4 aliphatic rings. The molecule has 1 aromatic heterocycles. The molecular weight excluding hydrogens is 254 g/mol. The molecule has 4 bridgehead atoms. The van der Waals surface area contributed by atoms with Crippen molar-refractivity contribution >= 4 is 11.6 Å². The molecule has 6 nitrogen and oxygen atoms in total. The minimum atomic E-state index is -0.415. The third kappa shape index (κ3) is 1.50. The summed E-state index contributed by atoms with van der Waals surface area (Å²) in [7, 11) is 0. The molecular formula is C14H21N5O. The van der Waals surface area contributed by atoms with Crippen LogP contribution in [-0.4, -0.2) is 9.66 Å². The van der Waals surface area contributed by atoms with Gasteiger partial charge in [0.2, 0.25) is 5.95 Å². The number of anilines is 2. The van der Waals surface area contributed by atoms with Crippen molar-refractivity contribution in [2.75, 3.05) is 17.3 Å². The van der Waals surface area contributed by atoms with E-state index in [1.54, 1.807) is 0 Å². The Morgan fingerprint density at radius 2 is 1.55 bits per heavy atom. The van der Waals surface area contributed by atoms with E-state index in [0.29, 0.717) is 23.4 Å². The van der Waals surface area contributed by atoms with Gasteiger partial charge in [0.25, 0.3) is 5.56 Å². The fourth-order valence-electron chi connectivity index (χ4n) is 5.21. The lowest BCUT2D eigenvalue weighted by molar-refractivity contribution is -0.00393. The van der Waals surface area contributed by atoms with Crippen molar-refractivity contribution in [2.24, 2.45) is 23.7 Å². The van der Waals surface area contributed by atoms with Gasteiger partial charge in [0.05, 0.1) is 5.69 Å². The highest BCUT2D eigenvalue weighted by molar-refractivity contribution is 5.47. The van der Waals surface area contributed by atoms with Crippen molar-refractivity contribution in [1.82, 2.24) is 9.66 Å². The average molecular weight is 275 g/mol. The van der Waals surface area contributed by atoms with Gasteiger partial charge < -0.3 is 17.3 Å². The number of nitrogens with two attached hydrogens (primary N) is 3. The van der Waals surface area contributed by atoms with Crippen LogP contribution in [0.25, 0.3) is 0 Å². The second-order valence-corrected chi connectivity index (χ2v) is 6.90. The maximum absolute atomic E-state index is 12.0. The normalized spacial score (nSPS) is 38.3. The van der Waals surface area contributed by atoms with E-state index >= 15 is 0 Å². The number of nitrogens with zero attached hydrogens (tertiary/aromatic N) is 2. The van der Waals surface area contributed by atoms with Gasteiger partial charge in [0.1, 0.15) is 5.69 Å². The first-order valence-electron chi connectivity index (χ1n) is 7.47. The summed E-state index contributed by atoms with van der Waals surface area (Å²) in [6.07, 6.45) is 6.42. The summed E-state index contributed by atoms with van der Waals surface area (Å²) in [5.74, 6) is 8.92. The van der Waals surface area contributed by atoms with Crippen molar-refractivity contribution in [3.05, 3.63) is 16.0 Å². The zero-order chi connectivity index (χ0) is 14.0. The number of nitrogen functional groups attached to an aromatic ring is 3. The monoisotopic (exact) mass is 275 g/mol. The lowest BCUT2D eigenvalue weighted by Crippen LogP contribution is -2.45. The molecule has 1 aromatic rings. The highest BCUT2D eigenvalue weighted by Gasteiger charge is 2.49. The molecule has 6 N–H and O–H groups in total. The van der Waals surface area contributed by atoms with Crippen molar-refractivity contribution in [2.45, 2.75) is 38.0 Å². The Morgan fingerprint density at radius 3 is 2.10 bits per heavy atom. The van der Waals surface area contributed by atoms with E-state index in [-0.39, 0.29) is 11.6 Å². The number of hydrogen-bond acceptors (Lipinski definition) is 5. The maximum atomic E-state index is 12.0. The van der Waals surface area contributed by atoms with Crippen molar-refractivity contribution in [3.63, 3.8) is 0 Å². The molecule has 0 unspecified atom stereocenters. The van der Waals surface area contributed by atoms with Crippen molar-refractivity contribution in [1.29, 1.82) is 0 Å². The summed E-state index contributed by atoms with van der Waals surface area (Å²) >= 11 is 0. The van der Waals surface area contributed by atoms with E-state index in [1.165, 1.54) is 32.1 Å². The van der Waals surface area contributed by atoms with Crippen LogP contribution in [0.1, 0.15) is 43.7 Å². The quantitative estimate of drug-likeness (QED) is 0.652. The van der Waals surface area contributed by atoms with Crippen LogP contribution in [0.2, 0.25) is 0 Å². The third-order valence-corrected chi connectivity index (χ3v) is 5.75. The molecule has 20 heavy (non-hydrogen) atoms. The molecule has 0 spiro atoms. The standard InChI is InChI=1S/C14H21N5O/c15-11-12(18-14(16)19(17)13(11)20)10-8-2-6-1-7(4-8)5-9(10)3-6/h6-10H,1-5,15,17H2,(H2,16,18). The molecule has 4 aliphatic carbocycles. The molecule has 0 amide bonds. The first-order chi connectivity index (χ1) is 9.54. The third-order valence-electron chi connectivity index (χ3n) is 5.75. The summed E-state index contributed by atoms with van der Waals surface area (Å²) in [6.45, 7) is 0. The van der Waals surface area contributed by atoms with Crippen LogP contribution in [-0.2, 0) is 0 Å². The Kier molecular flexibility index (Phi) is 2.35. The first kappa shape index (κ1) is 12.1. The highest BCUT2D eigenvalue weighted by Crippen LogP contribution is 2.59. The summed E-state index contributed by atoms with van der Waals surface area (Å²) < 4.78 is 0.842. The van der Waals surface area contributed by atoms with E-state index in [1.807, 2.05) is 0 Å². The summed E-state index contributed by atoms with van der Waals surface area (Å²) in [5, 5.41) is 0. The van der Waals surface area contributed by atoms with Gasteiger partial charge in [-0.15, -0.1) is 0 Å². The zero-order valence-corrected chi connectivity index (χ0v) is 11.5. The Bertz CT molecular complexity index is 595. The van der Waals surface area contributed by atoms with Gasteiger partial charge in [0.15, 0.2) is 0 Å². The lowest BCUT2D eigenvalue weighted by atomic mass is 9.51. The predicted octanol–water partition coefficient (Wildman–Crippen LogP) is 0.661. The van der Waals surface area contributed by atoms with Crippen LogP contribution in [0.5, 0.6) is 0 Å². The van der Waals surface area contributed by atoms with Crippen LogP contribution in [0.4, 0.5) is 11.6 Å². The molecule has 0 aromatic carbocycles. The van der Waals surface area contributed by atoms with Gasteiger partial charge in [-0.2, -0.15) is 4.68 Å². The molecule has 108 valence electrons. The second kappa shape index (κ2) is 3.90. The molecule has 0 atom stereocenters. The van der Waals surface area contributed by atoms with E-state index in [4.69, 9.17) is 17.3 Å². The SMILES string of the molecule is Nc1c(C2C3CC4CC(C3)CC2C4)nc(N)n(N)c1=O. The predicted molar refractivity (Wildman–Crippen MR) is 77.3 cm³/mol. The Hall–Kier alpha value is -1.72. The molecule has 5 rings (SSSR count). The topological polar surface area (TPSA) is 113 Å². The molecule has 0 saturated heterocycles. The van der Waals surface area contributed by atoms with Gasteiger partial charge in [-0.25, -0.2) is 4.98 Å². The van der Waals surface area contributed by atoms with Gasteiger partial charge in [-0.3, -0.25) is 4.79 Å². The molecule has 4 fully saturated rings. The van der Waals surface area contributed by atoms with E-state index in [2.05, 4.69) is 4.98 Å². The van der Waals surface area contributed by atoms with Crippen LogP contribution < -0.4 is 22.9 Å². The number of hydrogen-bond donors (Lipinski definition) is 3. The van der Waals surface area contributed by atoms with E-state index < -0.39 is 5.56 Å². The minimum absolute atomic E-state index is 0.0630. The smallest absolute Gasteiger partial charge is 0.296 e. The minimum Gasteiger partial charge on any atom is -0.393 e. The van der Waals surface area contributed by atoms with Crippen LogP contribution >= 0.6 is 0 Å². The lowest BCUT2D eigenvalue weighted by Gasteiger charge is -2.54. The molecule has 6 heteroatoms. The second-order valence-electron chi connectivity index (χ2n) is 6.90. The largest absolute Gasteiger partial charge is 0.393 e. The Labute approximate surface area is 117 Å². The van der Waals surface area contributed by atoms with Gasteiger partial charge in [-0.05, 0) is 55.8 Å². The summed E-state index contributed by atoms with van der Waals surface area (Å²) in [4.78, 5) is 16.4. The maximum Gasteiger partial charge on any atom is 0.296 e. The van der Waals surface area contributed by atoms with Crippen LogP contribution in [0.3, 0.4) is 0 Å². The Morgan fingerprint density at radius 1 is 1.00 bits per heavy atom. The number of rotatable bonds is 1. The van der Waals surface area contributed by atoms with Gasteiger partial charge >= 0.3 is 0 Å². The van der Waals surface area contributed by atoms with Gasteiger partial charge in [0, 0.05) is 5.92 Å². The fraction of sp³-hybridized carbons (Fsp3) is 0.714. The molecule has 0 aliphatic heterocycles. The van der Waals surface area contributed by atoms with E-state index in [9.17, 15) is 4.79 Å². The molecule has 4 saturated carbocycles. The van der Waals surface area contributed by atoms with Crippen LogP contribution in [0.15, 0.2) is 4.79 Å². The molecule has 1 heterocycles. The first-order valence-corrected chi connectivity index (χ1v) is 7.47. The number of aromatic nitrogens is 2.